The molecule has 0 aromatic heterocycles. The molecular formula is C58H103N7O14S. The second-order valence-electron chi connectivity index (χ2n) is 20.2. The van der Waals surface area contributed by atoms with Crippen LogP contribution < -0.4 is 21.1 Å². The van der Waals surface area contributed by atoms with Crippen molar-refractivity contribution in [2.75, 3.05) is 79.9 Å². The Kier molecular flexibility index (Phi) is 49.1. The third kappa shape index (κ3) is 41.0. The van der Waals surface area contributed by atoms with Crippen LogP contribution in [0.5, 0.6) is 5.75 Å². The van der Waals surface area contributed by atoms with Crippen molar-refractivity contribution < 1.29 is 67.0 Å². The molecule has 0 radical (unpaired) electrons. The summed E-state index contributed by atoms with van der Waals surface area (Å²) in [6.45, 7) is 27.8. The summed E-state index contributed by atoms with van der Waals surface area (Å²) >= 11 is 1.62. The Balaban J connectivity index is -0.000000527. The fourth-order valence-electron chi connectivity index (χ4n) is 6.39. The number of thioether (sulfide) groups is 1. The van der Waals surface area contributed by atoms with Crippen LogP contribution in [-0.2, 0) is 62.2 Å². The first kappa shape index (κ1) is 80.4. The highest BCUT2D eigenvalue weighted by Crippen LogP contribution is 2.20. The van der Waals surface area contributed by atoms with Gasteiger partial charge < -0.3 is 50.2 Å². The number of amides is 7. The molecular weight excluding hydrogens is 1050 g/mol. The van der Waals surface area contributed by atoms with Gasteiger partial charge in [-0.1, -0.05) is 113 Å². The van der Waals surface area contributed by atoms with Crippen LogP contribution in [0.25, 0.3) is 0 Å². The largest absolute Gasteiger partial charge is 0.497 e. The lowest BCUT2D eigenvalue weighted by molar-refractivity contribution is -0.150. The predicted molar refractivity (Wildman–Crippen MR) is 315 cm³/mol. The number of rotatable bonds is 24. The van der Waals surface area contributed by atoms with Gasteiger partial charge >= 0.3 is 11.9 Å². The molecule has 2 aliphatic heterocycles. The fraction of sp³-hybridized carbons (Fsp3) is 0.707. The molecule has 0 spiro atoms. The van der Waals surface area contributed by atoms with Crippen molar-refractivity contribution >= 4 is 77.1 Å². The summed E-state index contributed by atoms with van der Waals surface area (Å²) in [5, 5.41) is 4.95. The van der Waals surface area contributed by atoms with E-state index in [0.717, 1.165) is 66.4 Å². The molecule has 0 bridgehead atoms. The Morgan fingerprint density at radius 1 is 0.825 bits per heavy atom. The first-order chi connectivity index (χ1) is 37.6. The maximum Gasteiger partial charge on any atom is 0.325 e. The number of carbonyl (C=O) groups is 11. The molecule has 1 aromatic carbocycles. The first-order valence-corrected chi connectivity index (χ1v) is 29.2. The van der Waals surface area contributed by atoms with Gasteiger partial charge in [-0.2, -0.15) is 11.8 Å². The SMILES string of the molecule is CC.CC(=O)C(=O)N1CCCC1C(=O)N(C)CC(=O)NC(COC(=O)CN(C)C=O)C(N)=O.CC(C)C.CC(C)C.CCC.CCCCC(CC(=O)OCC(=O)C(C)C(=O)NCC(=O)N1CCCC1)SC.COc1ccc(C)cc1. The molecule has 1 aromatic rings. The van der Waals surface area contributed by atoms with E-state index in [1.807, 2.05) is 44.4 Å². The number of primary amides is 1. The number of ether oxygens (including phenoxy) is 3. The van der Waals surface area contributed by atoms with Gasteiger partial charge in [0, 0.05) is 45.9 Å². The number of esters is 2. The van der Waals surface area contributed by atoms with Gasteiger partial charge in [0.05, 0.1) is 32.5 Å². The number of carbonyl (C=O) groups excluding carboxylic acids is 11. The van der Waals surface area contributed by atoms with Gasteiger partial charge in [-0.3, -0.25) is 52.7 Å². The molecule has 4 atom stereocenters. The summed E-state index contributed by atoms with van der Waals surface area (Å²) in [5.41, 5.74) is 6.46. The van der Waals surface area contributed by atoms with Gasteiger partial charge in [-0.25, -0.2) is 0 Å². The van der Waals surface area contributed by atoms with E-state index in [9.17, 15) is 52.7 Å². The van der Waals surface area contributed by atoms with Crippen molar-refractivity contribution in [1.82, 2.24) is 30.2 Å². The fourth-order valence-corrected chi connectivity index (χ4v) is 7.09. The molecule has 2 aliphatic rings. The number of unbranched alkanes of at least 4 members (excludes halogenated alkanes) is 1. The monoisotopic (exact) mass is 1150 g/mol. The molecule has 2 fully saturated rings. The maximum atomic E-state index is 12.6. The van der Waals surface area contributed by atoms with Crippen LogP contribution in [0.2, 0.25) is 0 Å². The molecule has 0 aliphatic carbocycles. The average Bonchev–Trinajstić information content (AvgIpc) is 4.14. The normalized spacial score (nSPS) is 13.8. The molecule has 2 saturated heterocycles. The number of nitrogens with two attached hydrogens (primary N) is 1. The summed E-state index contributed by atoms with van der Waals surface area (Å²) in [6, 6.07) is 5.77. The summed E-state index contributed by atoms with van der Waals surface area (Å²) < 4.78 is 14.8. The van der Waals surface area contributed by atoms with Crippen molar-refractivity contribution in [2.24, 2.45) is 23.5 Å². The highest BCUT2D eigenvalue weighted by Gasteiger charge is 2.37. The quantitative estimate of drug-likeness (QED) is 0.0451. The van der Waals surface area contributed by atoms with Crippen LogP contribution in [0.15, 0.2) is 24.3 Å². The minimum absolute atomic E-state index is 0.108. The van der Waals surface area contributed by atoms with E-state index in [1.165, 1.54) is 37.9 Å². The number of hydrogen-bond donors (Lipinski definition) is 3. The number of nitrogens with zero attached hydrogens (tertiary/aromatic N) is 4. The number of benzene rings is 1. The zero-order valence-electron chi connectivity index (χ0n) is 51.9. The lowest BCUT2D eigenvalue weighted by atomic mass is 10.1. The zero-order valence-corrected chi connectivity index (χ0v) is 52.7. The third-order valence-corrected chi connectivity index (χ3v) is 11.6. The lowest BCUT2D eigenvalue weighted by Gasteiger charge is -2.27. The topological polar surface area (TPSA) is 278 Å². The van der Waals surface area contributed by atoms with Crippen LogP contribution in [0.3, 0.4) is 0 Å². The summed E-state index contributed by atoms with van der Waals surface area (Å²) in [5.74, 6) is -4.41. The van der Waals surface area contributed by atoms with E-state index < -0.39 is 90.8 Å². The minimum atomic E-state index is -1.34. The number of Topliss-reactive ketones (excluding diaryl/α,β-unsaturated/α-hetero) is 2. The van der Waals surface area contributed by atoms with Gasteiger partial charge in [0.2, 0.25) is 41.7 Å². The Labute approximate surface area is 483 Å². The lowest BCUT2D eigenvalue weighted by Crippen LogP contribution is -2.53. The van der Waals surface area contributed by atoms with Crippen LogP contribution in [0, 0.1) is 24.7 Å². The van der Waals surface area contributed by atoms with Crippen molar-refractivity contribution in [2.45, 2.75) is 172 Å². The Hall–Kier alpha value is -6.06. The molecule has 4 unspecified atom stereocenters. The number of ketones is 2. The molecule has 460 valence electrons. The maximum absolute atomic E-state index is 12.6. The second kappa shape index (κ2) is 48.8. The van der Waals surface area contributed by atoms with E-state index >= 15 is 0 Å². The van der Waals surface area contributed by atoms with Crippen LogP contribution in [0.1, 0.15) is 153 Å². The van der Waals surface area contributed by atoms with Crippen LogP contribution in [0.4, 0.5) is 0 Å². The summed E-state index contributed by atoms with van der Waals surface area (Å²) in [6.07, 6.45) is 9.80. The van der Waals surface area contributed by atoms with E-state index in [1.54, 1.807) is 23.8 Å². The van der Waals surface area contributed by atoms with Crippen molar-refractivity contribution in [3.8, 4) is 5.75 Å². The van der Waals surface area contributed by atoms with Crippen LogP contribution in [-0.4, -0.2) is 182 Å². The number of hydrogen-bond acceptors (Lipinski definition) is 15. The molecule has 7 amide bonds. The number of methoxy groups -OCH3 is 1. The number of likely N-dealkylation sites (N-methyl/N-ethyl adjacent to an activating group) is 2. The van der Waals surface area contributed by atoms with Gasteiger partial charge in [-0.15, -0.1) is 0 Å². The predicted octanol–water partition coefficient (Wildman–Crippen LogP) is 6.18. The molecule has 80 heavy (non-hydrogen) atoms. The van der Waals surface area contributed by atoms with Gasteiger partial charge in [0.25, 0.3) is 5.91 Å². The second-order valence-corrected chi connectivity index (χ2v) is 21.3. The van der Waals surface area contributed by atoms with E-state index in [0.29, 0.717) is 32.3 Å². The number of aryl methyl sites for hydroxylation is 1. The molecule has 0 saturated carbocycles. The number of likely N-dealkylation sites (tertiary alicyclic amines) is 2. The molecule has 22 heteroatoms. The Bertz CT molecular complexity index is 1950. The molecule has 2 heterocycles. The highest BCUT2D eigenvalue weighted by atomic mass is 32.2. The first-order valence-electron chi connectivity index (χ1n) is 27.9. The van der Waals surface area contributed by atoms with Gasteiger partial charge in [-0.05, 0) is 76.2 Å². The van der Waals surface area contributed by atoms with Gasteiger partial charge in [0.15, 0.2) is 12.4 Å². The molecule has 4 N–H and O–H groups in total. The summed E-state index contributed by atoms with van der Waals surface area (Å²) in [4.78, 5) is 135. The highest BCUT2D eigenvalue weighted by molar-refractivity contribution is 7.99. The van der Waals surface area contributed by atoms with Crippen molar-refractivity contribution in [1.29, 1.82) is 0 Å². The molecule has 3 rings (SSSR count). The van der Waals surface area contributed by atoms with E-state index in [4.69, 9.17) is 19.9 Å². The zero-order chi connectivity index (χ0) is 62.5. The van der Waals surface area contributed by atoms with Gasteiger partial charge in [0.1, 0.15) is 31.0 Å². The van der Waals surface area contributed by atoms with Crippen molar-refractivity contribution in [3.05, 3.63) is 29.8 Å². The van der Waals surface area contributed by atoms with E-state index in [2.05, 4.69) is 79.9 Å². The third-order valence-electron chi connectivity index (χ3n) is 10.5. The standard InChI is InChI=1S/C19H32N2O5S.C18H27N5O8.C8H10O.2C4H10.C3H8.C2H6/c1-4-5-8-15(27-3)11-18(24)26-13-16(22)14(2)19(25)20-12-17(23)21-9-6-7-10-21;1-11(25)17(29)23-6-4-5-13(23)18(30)22(3)7-14(26)20-12(16(19)28)9-31-15(27)8-21(2)10-24;1-7-3-5-8(9-2)6-4-7;2*1-4(2)3;1-3-2;1-2/h14-15H,4-13H2,1-3H3,(H,20,25);10,12-13H,4-9H2,1-3H3,(H2,19,28)(H,20,26);3-6H,1-2H3;2*4H,1-3H3;3H2,1-2H3;1-2H3. The Morgan fingerprint density at radius 3 is 1.82 bits per heavy atom. The smallest absolute Gasteiger partial charge is 0.325 e. The minimum Gasteiger partial charge on any atom is -0.497 e. The summed E-state index contributed by atoms with van der Waals surface area (Å²) in [7, 11) is 4.36. The number of nitrogens with one attached hydrogen (secondary N) is 2. The average molecular weight is 1150 g/mol. The molecule has 21 nitrogen and oxygen atoms in total. The van der Waals surface area contributed by atoms with E-state index in [-0.39, 0.29) is 37.2 Å². The Morgan fingerprint density at radius 2 is 1.36 bits per heavy atom. The van der Waals surface area contributed by atoms with Crippen molar-refractivity contribution in [3.63, 3.8) is 0 Å². The van der Waals surface area contributed by atoms with Crippen LogP contribution >= 0.6 is 11.8 Å².